The predicted molar refractivity (Wildman–Crippen MR) is 85.4 cm³/mol. The molecule has 0 bridgehead atoms. The van der Waals surface area contributed by atoms with E-state index in [9.17, 15) is 4.21 Å². The second-order valence-electron chi connectivity index (χ2n) is 5.03. The quantitative estimate of drug-likeness (QED) is 0.913. The lowest BCUT2D eigenvalue weighted by Gasteiger charge is -2.17. The van der Waals surface area contributed by atoms with E-state index in [1.807, 2.05) is 44.3 Å². The number of hydrogen-bond donors (Lipinski definition) is 1. The molecule has 2 rings (SSSR count). The second kappa shape index (κ2) is 6.82. The van der Waals surface area contributed by atoms with E-state index in [0.29, 0.717) is 5.75 Å². The van der Waals surface area contributed by atoms with Crippen molar-refractivity contribution < 1.29 is 4.21 Å². The van der Waals surface area contributed by atoms with Crippen molar-refractivity contribution in [2.75, 3.05) is 12.8 Å². The molecule has 2 aromatic carbocycles. The van der Waals surface area contributed by atoms with Gasteiger partial charge in [-0.05, 0) is 38.1 Å². The number of hydrogen-bond acceptors (Lipinski definition) is 2. The highest BCUT2D eigenvalue weighted by Crippen LogP contribution is 2.20. The maximum absolute atomic E-state index is 12.6. The zero-order valence-corrected chi connectivity index (χ0v) is 13.0. The maximum Gasteiger partial charge on any atom is 0.0551 e. The van der Waals surface area contributed by atoms with Crippen molar-refractivity contribution in [1.29, 1.82) is 0 Å². The summed E-state index contributed by atoms with van der Waals surface area (Å²) in [6, 6.07) is 16.4. The van der Waals surface area contributed by atoms with Crippen LogP contribution < -0.4 is 5.32 Å². The second-order valence-corrected chi connectivity index (χ2v) is 6.50. The lowest BCUT2D eigenvalue weighted by atomic mass is 10.1. The number of rotatable bonds is 5. The molecule has 2 atom stereocenters. The third-order valence-electron chi connectivity index (χ3n) is 3.44. The molecule has 3 heteroatoms. The Bertz CT molecular complexity index is 595. The number of aryl methyl sites for hydroxylation is 2. The van der Waals surface area contributed by atoms with Gasteiger partial charge < -0.3 is 5.32 Å². The summed E-state index contributed by atoms with van der Waals surface area (Å²) in [5.74, 6) is 0.588. The van der Waals surface area contributed by atoms with E-state index in [1.165, 1.54) is 11.1 Å². The molecule has 0 aliphatic carbocycles. The molecule has 20 heavy (non-hydrogen) atoms. The van der Waals surface area contributed by atoms with Gasteiger partial charge in [0, 0.05) is 16.7 Å². The van der Waals surface area contributed by atoms with Gasteiger partial charge in [-0.2, -0.15) is 0 Å². The molecule has 2 nitrogen and oxygen atoms in total. The summed E-state index contributed by atoms with van der Waals surface area (Å²) in [5.41, 5.74) is 3.48. The molecule has 106 valence electrons. The van der Waals surface area contributed by atoms with Crippen LogP contribution in [0.15, 0.2) is 53.4 Å². The van der Waals surface area contributed by atoms with Crippen molar-refractivity contribution in [3.8, 4) is 0 Å². The van der Waals surface area contributed by atoms with E-state index < -0.39 is 10.8 Å². The largest absolute Gasteiger partial charge is 0.312 e. The van der Waals surface area contributed by atoms with Gasteiger partial charge in [-0.3, -0.25) is 4.21 Å². The fourth-order valence-electron chi connectivity index (χ4n) is 2.33. The first-order chi connectivity index (χ1) is 9.61. The lowest BCUT2D eigenvalue weighted by Crippen LogP contribution is -2.22. The summed E-state index contributed by atoms with van der Waals surface area (Å²) in [6.07, 6.45) is 0. The van der Waals surface area contributed by atoms with Gasteiger partial charge >= 0.3 is 0 Å². The van der Waals surface area contributed by atoms with Gasteiger partial charge in [0.2, 0.25) is 0 Å². The Morgan fingerprint density at radius 1 is 1.10 bits per heavy atom. The highest BCUT2D eigenvalue weighted by Gasteiger charge is 2.15. The van der Waals surface area contributed by atoms with E-state index in [4.69, 9.17) is 0 Å². The van der Waals surface area contributed by atoms with Crippen LogP contribution >= 0.6 is 0 Å². The van der Waals surface area contributed by atoms with Crippen molar-refractivity contribution in [3.63, 3.8) is 0 Å². The molecule has 0 aromatic heterocycles. The molecule has 2 aromatic rings. The standard InChI is InChI=1S/C17H21NOS/c1-13-9-10-17(14(2)11-13)20(19)12-16(18-3)15-7-5-4-6-8-15/h4-11,16,18H,12H2,1-3H3. The molecular weight excluding hydrogens is 266 g/mol. The molecule has 0 saturated heterocycles. The average Bonchev–Trinajstić information content (AvgIpc) is 2.45. The van der Waals surface area contributed by atoms with E-state index >= 15 is 0 Å². The Labute approximate surface area is 123 Å². The van der Waals surface area contributed by atoms with Crippen LogP contribution in [-0.2, 0) is 10.8 Å². The first kappa shape index (κ1) is 14.9. The van der Waals surface area contributed by atoms with Crippen LogP contribution in [0.3, 0.4) is 0 Å². The zero-order valence-electron chi connectivity index (χ0n) is 12.2. The van der Waals surface area contributed by atoms with Gasteiger partial charge in [-0.1, -0.05) is 48.0 Å². The fraction of sp³-hybridized carbons (Fsp3) is 0.294. The van der Waals surface area contributed by atoms with Crippen molar-refractivity contribution in [1.82, 2.24) is 5.32 Å². The minimum atomic E-state index is -0.996. The Balaban J connectivity index is 2.17. The van der Waals surface area contributed by atoms with Gasteiger partial charge in [0.1, 0.15) is 0 Å². The van der Waals surface area contributed by atoms with Gasteiger partial charge in [0.15, 0.2) is 0 Å². The molecular formula is C17H21NOS. The molecule has 0 radical (unpaired) electrons. The minimum absolute atomic E-state index is 0.109. The highest BCUT2D eigenvalue weighted by molar-refractivity contribution is 7.85. The van der Waals surface area contributed by atoms with Crippen LogP contribution in [0.5, 0.6) is 0 Å². The van der Waals surface area contributed by atoms with E-state index in [1.54, 1.807) is 0 Å². The number of benzene rings is 2. The van der Waals surface area contributed by atoms with Gasteiger partial charge in [0.25, 0.3) is 0 Å². The van der Waals surface area contributed by atoms with Crippen molar-refractivity contribution in [3.05, 3.63) is 65.2 Å². The molecule has 0 saturated carbocycles. The smallest absolute Gasteiger partial charge is 0.0551 e. The Morgan fingerprint density at radius 3 is 2.40 bits per heavy atom. The van der Waals surface area contributed by atoms with Gasteiger partial charge in [-0.25, -0.2) is 0 Å². The average molecular weight is 287 g/mol. The van der Waals surface area contributed by atoms with Crippen LogP contribution in [0, 0.1) is 13.8 Å². The van der Waals surface area contributed by atoms with Crippen LogP contribution in [0.25, 0.3) is 0 Å². The molecule has 0 amide bonds. The molecule has 2 unspecified atom stereocenters. The Hall–Kier alpha value is -1.45. The number of nitrogens with one attached hydrogen (secondary N) is 1. The Kier molecular flexibility index (Phi) is 5.10. The normalized spacial score (nSPS) is 13.9. The molecule has 0 heterocycles. The molecule has 0 aliphatic heterocycles. The summed E-state index contributed by atoms with van der Waals surface area (Å²) < 4.78 is 12.6. The summed E-state index contributed by atoms with van der Waals surface area (Å²) in [6.45, 7) is 4.08. The first-order valence-electron chi connectivity index (χ1n) is 6.79. The third-order valence-corrected chi connectivity index (χ3v) is 5.03. The van der Waals surface area contributed by atoms with Gasteiger partial charge in [0.05, 0.1) is 10.8 Å². The Morgan fingerprint density at radius 2 is 1.80 bits per heavy atom. The van der Waals surface area contributed by atoms with Crippen LogP contribution in [-0.4, -0.2) is 17.0 Å². The van der Waals surface area contributed by atoms with Crippen molar-refractivity contribution in [2.45, 2.75) is 24.8 Å². The van der Waals surface area contributed by atoms with Crippen molar-refractivity contribution in [2.24, 2.45) is 0 Å². The van der Waals surface area contributed by atoms with E-state index in [0.717, 1.165) is 10.5 Å². The predicted octanol–water partition coefficient (Wildman–Crippen LogP) is 3.37. The summed E-state index contributed by atoms with van der Waals surface area (Å²) in [4.78, 5) is 0.937. The van der Waals surface area contributed by atoms with Crippen LogP contribution in [0.4, 0.5) is 0 Å². The summed E-state index contributed by atoms with van der Waals surface area (Å²) in [5, 5.41) is 3.26. The molecule has 1 N–H and O–H groups in total. The van der Waals surface area contributed by atoms with E-state index in [2.05, 4.69) is 30.4 Å². The van der Waals surface area contributed by atoms with Gasteiger partial charge in [-0.15, -0.1) is 0 Å². The topological polar surface area (TPSA) is 29.1 Å². The van der Waals surface area contributed by atoms with E-state index in [-0.39, 0.29) is 6.04 Å². The zero-order chi connectivity index (χ0) is 14.5. The first-order valence-corrected chi connectivity index (χ1v) is 8.11. The van der Waals surface area contributed by atoms with Crippen molar-refractivity contribution >= 4 is 10.8 Å². The SMILES string of the molecule is CNC(CS(=O)c1ccc(C)cc1C)c1ccccc1. The highest BCUT2D eigenvalue weighted by atomic mass is 32.2. The molecule has 0 spiro atoms. The van der Waals surface area contributed by atoms with Crippen LogP contribution in [0.2, 0.25) is 0 Å². The summed E-state index contributed by atoms with van der Waals surface area (Å²) >= 11 is 0. The van der Waals surface area contributed by atoms with Crippen LogP contribution in [0.1, 0.15) is 22.7 Å². The monoisotopic (exact) mass is 287 g/mol. The molecule has 0 fully saturated rings. The minimum Gasteiger partial charge on any atom is -0.312 e. The lowest BCUT2D eigenvalue weighted by molar-refractivity contribution is 0.635. The molecule has 0 aliphatic rings. The third kappa shape index (κ3) is 3.56. The fourth-order valence-corrected chi connectivity index (χ4v) is 3.81. The summed E-state index contributed by atoms with van der Waals surface area (Å²) in [7, 11) is 0.917. The maximum atomic E-state index is 12.6.